The number of nitrogens with zero attached hydrogens (tertiary/aromatic N) is 3. The SMILES string of the molecule is COC(=O)C1=C(C(=O)OC)N(c2ccc(NC3CCN(C)CC3)cc2)C(N)=C(C#N)C1c1ccccc1. The smallest absolute Gasteiger partial charge is 0.355 e. The normalized spacial score (nSPS) is 18.9. The molecule has 9 heteroatoms. The molecule has 0 amide bonds. The van der Waals surface area contributed by atoms with Gasteiger partial charge in [0, 0.05) is 17.4 Å². The molecule has 2 aliphatic rings. The van der Waals surface area contributed by atoms with Crippen molar-refractivity contribution in [2.24, 2.45) is 5.73 Å². The molecule has 0 aromatic heterocycles. The number of methoxy groups -OCH3 is 2. The molecule has 0 spiro atoms. The van der Waals surface area contributed by atoms with Crippen LogP contribution in [0.3, 0.4) is 0 Å². The summed E-state index contributed by atoms with van der Waals surface area (Å²) in [6, 6.07) is 18.8. The van der Waals surface area contributed by atoms with Crippen LogP contribution in [0.5, 0.6) is 0 Å². The van der Waals surface area contributed by atoms with Gasteiger partial charge in [-0.05, 0) is 62.8 Å². The van der Waals surface area contributed by atoms with Crippen LogP contribution in [0.15, 0.2) is 77.3 Å². The van der Waals surface area contributed by atoms with Gasteiger partial charge in [0.05, 0.1) is 37.4 Å². The van der Waals surface area contributed by atoms with Gasteiger partial charge >= 0.3 is 11.9 Å². The lowest BCUT2D eigenvalue weighted by Crippen LogP contribution is -2.40. The first-order valence-electron chi connectivity index (χ1n) is 12.1. The molecule has 2 aromatic rings. The van der Waals surface area contributed by atoms with E-state index in [-0.39, 0.29) is 22.7 Å². The molecule has 1 fully saturated rings. The van der Waals surface area contributed by atoms with Crippen molar-refractivity contribution < 1.29 is 19.1 Å². The van der Waals surface area contributed by atoms with Crippen LogP contribution < -0.4 is 16.0 Å². The first-order valence-corrected chi connectivity index (χ1v) is 12.1. The Hall–Kier alpha value is -4.29. The number of allylic oxidation sites excluding steroid dienone is 1. The van der Waals surface area contributed by atoms with E-state index < -0.39 is 17.9 Å². The van der Waals surface area contributed by atoms with Crippen LogP contribution in [0.2, 0.25) is 0 Å². The van der Waals surface area contributed by atoms with Crippen molar-refractivity contribution in [3.8, 4) is 6.07 Å². The summed E-state index contributed by atoms with van der Waals surface area (Å²) in [6.45, 7) is 2.07. The van der Waals surface area contributed by atoms with Gasteiger partial charge in [0.1, 0.15) is 11.5 Å². The summed E-state index contributed by atoms with van der Waals surface area (Å²) in [4.78, 5) is 30.0. The topological polar surface area (TPSA) is 121 Å². The number of likely N-dealkylation sites (tertiary alicyclic amines) is 1. The second-order valence-electron chi connectivity index (χ2n) is 9.10. The van der Waals surface area contributed by atoms with Gasteiger partial charge in [-0.2, -0.15) is 5.26 Å². The number of esters is 2. The summed E-state index contributed by atoms with van der Waals surface area (Å²) in [7, 11) is 4.58. The van der Waals surface area contributed by atoms with Crippen LogP contribution in [0.1, 0.15) is 24.3 Å². The third-order valence-electron chi connectivity index (χ3n) is 6.83. The molecule has 1 saturated heterocycles. The molecular formula is C28H31N5O4. The van der Waals surface area contributed by atoms with E-state index in [9.17, 15) is 14.9 Å². The van der Waals surface area contributed by atoms with Gasteiger partial charge < -0.3 is 25.4 Å². The van der Waals surface area contributed by atoms with Crippen LogP contribution >= 0.6 is 0 Å². The van der Waals surface area contributed by atoms with Crippen molar-refractivity contribution in [1.29, 1.82) is 5.26 Å². The van der Waals surface area contributed by atoms with Gasteiger partial charge in [-0.3, -0.25) is 4.90 Å². The molecule has 1 atom stereocenters. The molecule has 0 saturated carbocycles. The van der Waals surface area contributed by atoms with E-state index in [0.29, 0.717) is 17.3 Å². The minimum atomic E-state index is -0.894. The zero-order valence-electron chi connectivity index (χ0n) is 21.2. The molecule has 2 aliphatic heterocycles. The maximum atomic E-state index is 13.1. The Bertz CT molecular complexity index is 1260. The number of carbonyl (C=O) groups excluding carboxylic acids is 2. The predicted molar refractivity (Wildman–Crippen MR) is 140 cm³/mol. The average molecular weight is 502 g/mol. The Morgan fingerprint density at radius 3 is 2.19 bits per heavy atom. The Morgan fingerprint density at radius 1 is 1.00 bits per heavy atom. The molecule has 0 radical (unpaired) electrons. The fourth-order valence-electron chi connectivity index (χ4n) is 4.88. The quantitative estimate of drug-likeness (QED) is 0.575. The summed E-state index contributed by atoms with van der Waals surface area (Å²) >= 11 is 0. The molecule has 37 heavy (non-hydrogen) atoms. The van der Waals surface area contributed by atoms with Crippen LogP contribution in [-0.2, 0) is 19.1 Å². The van der Waals surface area contributed by atoms with Crippen molar-refractivity contribution in [3.05, 3.63) is 82.8 Å². The first-order chi connectivity index (χ1) is 17.9. The maximum Gasteiger partial charge on any atom is 0.355 e. The number of hydrogen-bond acceptors (Lipinski definition) is 9. The lowest BCUT2D eigenvalue weighted by atomic mass is 9.81. The van der Waals surface area contributed by atoms with Gasteiger partial charge in [0.15, 0.2) is 0 Å². The number of rotatable bonds is 6. The molecule has 0 bridgehead atoms. The van der Waals surface area contributed by atoms with Crippen molar-refractivity contribution in [1.82, 2.24) is 4.90 Å². The van der Waals surface area contributed by atoms with Gasteiger partial charge in [0.25, 0.3) is 0 Å². The Kier molecular flexibility index (Phi) is 7.80. The van der Waals surface area contributed by atoms with E-state index in [1.54, 1.807) is 36.4 Å². The third-order valence-corrected chi connectivity index (χ3v) is 6.83. The zero-order chi connectivity index (χ0) is 26.5. The largest absolute Gasteiger partial charge is 0.466 e. The number of anilines is 2. The Morgan fingerprint density at radius 2 is 1.62 bits per heavy atom. The van der Waals surface area contributed by atoms with Crippen molar-refractivity contribution >= 4 is 23.3 Å². The van der Waals surface area contributed by atoms with Crippen molar-refractivity contribution in [2.45, 2.75) is 24.8 Å². The van der Waals surface area contributed by atoms with E-state index >= 15 is 0 Å². The Balaban J connectivity index is 1.80. The number of hydrogen-bond donors (Lipinski definition) is 2. The first kappa shape index (κ1) is 25.8. The minimum absolute atomic E-state index is 0.0140. The van der Waals surface area contributed by atoms with Crippen molar-refractivity contribution in [2.75, 3.05) is 44.6 Å². The molecule has 3 N–H and O–H groups in total. The van der Waals surface area contributed by atoms with Crippen LogP contribution in [0, 0.1) is 11.3 Å². The number of benzene rings is 2. The number of nitrogens with two attached hydrogens (primary N) is 1. The summed E-state index contributed by atoms with van der Waals surface area (Å²) < 4.78 is 10.1. The van der Waals surface area contributed by atoms with E-state index in [1.807, 2.05) is 18.2 Å². The number of ether oxygens (including phenoxy) is 2. The molecular weight excluding hydrogens is 470 g/mol. The average Bonchev–Trinajstić information content (AvgIpc) is 2.93. The van der Waals surface area contributed by atoms with Crippen LogP contribution in [0.4, 0.5) is 11.4 Å². The van der Waals surface area contributed by atoms with Crippen molar-refractivity contribution in [3.63, 3.8) is 0 Å². The molecule has 9 nitrogen and oxygen atoms in total. The van der Waals surface area contributed by atoms with E-state index in [4.69, 9.17) is 15.2 Å². The second-order valence-corrected chi connectivity index (χ2v) is 9.10. The predicted octanol–water partition coefficient (Wildman–Crippen LogP) is 3.09. The Labute approximate surface area is 216 Å². The molecule has 192 valence electrons. The lowest BCUT2D eigenvalue weighted by Gasteiger charge is -2.36. The fraction of sp³-hybridized carbons (Fsp3) is 0.321. The van der Waals surface area contributed by atoms with E-state index in [2.05, 4.69) is 23.3 Å². The van der Waals surface area contributed by atoms with Crippen LogP contribution in [0.25, 0.3) is 0 Å². The second kappa shape index (κ2) is 11.2. The summed E-state index contributed by atoms with van der Waals surface area (Å²) in [5, 5.41) is 13.7. The van der Waals surface area contributed by atoms with Crippen LogP contribution in [-0.4, -0.2) is 57.2 Å². The molecule has 1 unspecified atom stereocenters. The van der Waals surface area contributed by atoms with Gasteiger partial charge in [0.2, 0.25) is 0 Å². The standard InChI is InChI=1S/C28H31N5O4/c1-32-15-13-20(14-16-32)31-19-9-11-21(12-10-19)33-25(28(35)37-3)24(27(34)36-2)23(22(17-29)26(33)30)18-7-5-4-6-8-18/h4-12,20,23,31H,13-16,30H2,1-3H3. The van der Waals surface area contributed by atoms with Gasteiger partial charge in [-0.25, -0.2) is 9.59 Å². The highest BCUT2D eigenvalue weighted by Crippen LogP contribution is 2.43. The number of piperidine rings is 1. The highest BCUT2D eigenvalue weighted by atomic mass is 16.5. The summed E-state index contributed by atoms with van der Waals surface area (Å²) in [6.07, 6.45) is 2.09. The molecule has 2 aromatic carbocycles. The molecule has 0 aliphatic carbocycles. The lowest BCUT2D eigenvalue weighted by molar-refractivity contribution is -0.139. The number of nitrogens with one attached hydrogen (secondary N) is 1. The minimum Gasteiger partial charge on any atom is -0.466 e. The summed E-state index contributed by atoms with van der Waals surface area (Å²) in [5.74, 6) is -2.37. The highest BCUT2D eigenvalue weighted by molar-refractivity contribution is 6.06. The van der Waals surface area contributed by atoms with Gasteiger partial charge in [-0.15, -0.1) is 0 Å². The zero-order valence-corrected chi connectivity index (χ0v) is 21.2. The van der Waals surface area contributed by atoms with E-state index in [1.165, 1.54) is 19.1 Å². The molecule has 2 heterocycles. The monoisotopic (exact) mass is 501 g/mol. The molecule has 4 rings (SSSR count). The summed E-state index contributed by atoms with van der Waals surface area (Å²) in [5.41, 5.74) is 8.64. The number of nitriles is 1. The van der Waals surface area contributed by atoms with E-state index in [0.717, 1.165) is 31.6 Å². The number of carbonyl (C=O) groups is 2. The van der Waals surface area contributed by atoms with Gasteiger partial charge in [-0.1, -0.05) is 30.3 Å². The third kappa shape index (κ3) is 5.15. The fourth-order valence-corrected chi connectivity index (χ4v) is 4.88. The maximum absolute atomic E-state index is 13.1. The highest BCUT2D eigenvalue weighted by Gasteiger charge is 2.42.